The molecule has 1 aromatic rings. The average molecular weight is 419 g/mol. The molecule has 1 aromatic carbocycles. The summed E-state index contributed by atoms with van der Waals surface area (Å²) in [6.07, 6.45) is 3.88. The number of rotatable bonds is 4. The van der Waals surface area contributed by atoms with Crippen LogP contribution in [-0.2, 0) is 0 Å². The van der Waals surface area contributed by atoms with Gasteiger partial charge < -0.3 is 10.8 Å². The molecule has 118 valence electrons. The summed E-state index contributed by atoms with van der Waals surface area (Å²) in [5.74, 6) is 1.49. The minimum absolute atomic E-state index is 0.168. The summed E-state index contributed by atoms with van der Waals surface area (Å²) in [4.78, 5) is 0. The van der Waals surface area contributed by atoms with Crippen LogP contribution in [0.4, 0.5) is 0 Å². The Bertz CT molecular complexity index is 482. The highest BCUT2D eigenvalue weighted by Gasteiger charge is 2.41. The standard InChI is InChI=1S/C17H25Br2NO/c1-11(2)12-5-7-17(10-20,8-6-12)16(21)13-3-4-14(18)15(19)9-13/h3-4,9,11-12,16,21H,5-8,10,20H2,1-2H3. The van der Waals surface area contributed by atoms with Crippen molar-refractivity contribution in [2.24, 2.45) is 23.0 Å². The van der Waals surface area contributed by atoms with Crippen LogP contribution in [0.3, 0.4) is 0 Å². The van der Waals surface area contributed by atoms with E-state index in [0.29, 0.717) is 6.54 Å². The molecular formula is C17H25Br2NO. The molecule has 0 aliphatic heterocycles. The minimum atomic E-state index is -0.486. The second-order valence-electron chi connectivity index (χ2n) is 6.72. The van der Waals surface area contributed by atoms with Crippen LogP contribution in [0.5, 0.6) is 0 Å². The van der Waals surface area contributed by atoms with Crippen LogP contribution in [0, 0.1) is 17.3 Å². The second-order valence-corrected chi connectivity index (χ2v) is 8.43. The molecule has 1 fully saturated rings. The maximum Gasteiger partial charge on any atom is 0.0858 e. The molecule has 0 saturated heterocycles. The van der Waals surface area contributed by atoms with Gasteiger partial charge in [0.1, 0.15) is 0 Å². The number of aliphatic hydroxyl groups is 1. The van der Waals surface area contributed by atoms with E-state index in [-0.39, 0.29) is 5.41 Å². The van der Waals surface area contributed by atoms with Crippen molar-refractivity contribution < 1.29 is 5.11 Å². The molecule has 0 spiro atoms. The van der Waals surface area contributed by atoms with E-state index in [1.54, 1.807) is 0 Å². The molecule has 0 aromatic heterocycles. The Morgan fingerprint density at radius 2 is 1.86 bits per heavy atom. The molecule has 1 aliphatic carbocycles. The molecule has 1 atom stereocenters. The molecule has 4 heteroatoms. The van der Waals surface area contributed by atoms with Crippen molar-refractivity contribution >= 4 is 31.9 Å². The Kier molecular flexibility index (Phi) is 5.91. The maximum atomic E-state index is 10.9. The molecule has 0 heterocycles. The molecule has 0 bridgehead atoms. The summed E-state index contributed by atoms with van der Waals surface area (Å²) < 4.78 is 1.98. The van der Waals surface area contributed by atoms with Gasteiger partial charge in [-0.1, -0.05) is 19.9 Å². The summed E-state index contributed by atoms with van der Waals surface area (Å²) in [5.41, 5.74) is 6.87. The first kappa shape index (κ1) is 17.5. The van der Waals surface area contributed by atoms with E-state index in [1.807, 2.05) is 18.2 Å². The Hall–Kier alpha value is 0.1000. The summed E-state index contributed by atoms with van der Waals surface area (Å²) in [6, 6.07) is 5.97. The quantitative estimate of drug-likeness (QED) is 0.719. The molecule has 0 radical (unpaired) electrons. The fraction of sp³-hybridized carbons (Fsp3) is 0.647. The zero-order chi connectivity index (χ0) is 15.6. The Labute approximate surface area is 144 Å². The van der Waals surface area contributed by atoms with Crippen molar-refractivity contribution in [2.75, 3.05) is 6.54 Å². The van der Waals surface area contributed by atoms with E-state index >= 15 is 0 Å². The van der Waals surface area contributed by atoms with Crippen molar-refractivity contribution in [3.8, 4) is 0 Å². The lowest BCUT2D eigenvalue weighted by Gasteiger charge is -2.44. The molecule has 1 aliphatic rings. The maximum absolute atomic E-state index is 10.9. The SMILES string of the molecule is CC(C)C1CCC(CN)(C(O)c2ccc(Br)c(Br)c2)CC1. The number of hydrogen-bond donors (Lipinski definition) is 2. The Morgan fingerprint density at radius 3 is 2.33 bits per heavy atom. The number of halogens is 2. The van der Waals surface area contributed by atoms with Gasteiger partial charge >= 0.3 is 0 Å². The van der Waals surface area contributed by atoms with Crippen molar-refractivity contribution in [1.29, 1.82) is 0 Å². The molecule has 2 rings (SSSR count). The smallest absolute Gasteiger partial charge is 0.0858 e. The van der Waals surface area contributed by atoms with Crippen LogP contribution < -0.4 is 5.73 Å². The first-order valence-corrected chi connectivity index (χ1v) is 9.31. The number of benzene rings is 1. The topological polar surface area (TPSA) is 46.2 Å². The van der Waals surface area contributed by atoms with E-state index in [2.05, 4.69) is 45.7 Å². The van der Waals surface area contributed by atoms with Crippen molar-refractivity contribution in [1.82, 2.24) is 0 Å². The Balaban J connectivity index is 2.18. The van der Waals surface area contributed by atoms with Crippen LogP contribution in [0.25, 0.3) is 0 Å². The number of hydrogen-bond acceptors (Lipinski definition) is 2. The predicted molar refractivity (Wildman–Crippen MR) is 95.1 cm³/mol. The highest BCUT2D eigenvalue weighted by molar-refractivity contribution is 9.13. The molecule has 1 saturated carbocycles. The van der Waals surface area contributed by atoms with Gasteiger partial charge in [0.05, 0.1) is 6.10 Å². The lowest BCUT2D eigenvalue weighted by Crippen LogP contribution is -2.40. The van der Waals surface area contributed by atoms with Gasteiger partial charge in [0, 0.05) is 20.9 Å². The average Bonchev–Trinajstić information content (AvgIpc) is 2.49. The summed E-state index contributed by atoms with van der Waals surface area (Å²) >= 11 is 6.99. The van der Waals surface area contributed by atoms with E-state index in [0.717, 1.165) is 39.2 Å². The summed E-state index contributed by atoms with van der Waals surface area (Å²) in [5, 5.41) is 10.9. The van der Waals surface area contributed by atoms with Gasteiger partial charge in [0.25, 0.3) is 0 Å². The lowest BCUT2D eigenvalue weighted by atomic mass is 9.64. The van der Waals surface area contributed by atoms with Crippen LogP contribution in [-0.4, -0.2) is 11.7 Å². The van der Waals surface area contributed by atoms with Crippen molar-refractivity contribution in [3.63, 3.8) is 0 Å². The largest absolute Gasteiger partial charge is 0.388 e. The number of nitrogens with two attached hydrogens (primary N) is 1. The lowest BCUT2D eigenvalue weighted by molar-refractivity contribution is -0.0148. The van der Waals surface area contributed by atoms with Crippen LogP contribution >= 0.6 is 31.9 Å². The molecule has 1 unspecified atom stereocenters. The van der Waals surface area contributed by atoms with E-state index < -0.39 is 6.10 Å². The van der Waals surface area contributed by atoms with E-state index in [4.69, 9.17) is 5.73 Å². The Morgan fingerprint density at radius 1 is 1.24 bits per heavy atom. The van der Waals surface area contributed by atoms with E-state index in [1.165, 1.54) is 12.8 Å². The molecule has 3 N–H and O–H groups in total. The van der Waals surface area contributed by atoms with Gasteiger partial charge in [-0.3, -0.25) is 0 Å². The number of aliphatic hydroxyl groups excluding tert-OH is 1. The van der Waals surface area contributed by atoms with Gasteiger partial charge in [-0.25, -0.2) is 0 Å². The van der Waals surface area contributed by atoms with Crippen molar-refractivity contribution in [2.45, 2.75) is 45.6 Å². The van der Waals surface area contributed by atoms with Gasteiger partial charge in [-0.15, -0.1) is 0 Å². The normalized spacial score (nSPS) is 27.9. The minimum Gasteiger partial charge on any atom is -0.388 e. The third kappa shape index (κ3) is 3.72. The summed E-state index contributed by atoms with van der Waals surface area (Å²) in [7, 11) is 0. The molecule has 21 heavy (non-hydrogen) atoms. The van der Waals surface area contributed by atoms with Crippen LogP contribution in [0.2, 0.25) is 0 Å². The second kappa shape index (κ2) is 7.12. The molecule has 0 amide bonds. The first-order valence-electron chi connectivity index (χ1n) is 7.72. The first-order chi connectivity index (χ1) is 9.89. The highest BCUT2D eigenvalue weighted by Crippen LogP contribution is 2.48. The monoisotopic (exact) mass is 417 g/mol. The van der Waals surface area contributed by atoms with Crippen LogP contribution in [0.1, 0.15) is 51.2 Å². The third-order valence-corrected chi connectivity index (χ3v) is 7.09. The zero-order valence-corrected chi connectivity index (χ0v) is 16.0. The van der Waals surface area contributed by atoms with Gasteiger partial charge in [0.15, 0.2) is 0 Å². The third-order valence-electron chi connectivity index (χ3n) is 5.21. The van der Waals surface area contributed by atoms with Gasteiger partial charge in [-0.05, 0) is 87.1 Å². The van der Waals surface area contributed by atoms with Gasteiger partial charge in [0.2, 0.25) is 0 Å². The van der Waals surface area contributed by atoms with Crippen molar-refractivity contribution in [3.05, 3.63) is 32.7 Å². The van der Waals surface area contributed by atoms with Gasteiger partial charge in [-0.2, -0.15) is 0 Å². The highest BCUT2D eigenvalue weighted by atomic mass is 79.9. The zero-order valence-electron chi connectivity index (χ0n) is 12.8. The predicted octanol–water partition coefficient (Wildman–Crippen LogP) is 5.04. The van der Waals surface area contributed by atoms with Crippen LogP contribution in [0.15, 0.2) is 27.1 Å². The van der Waals surface area contributed by atoms with E-state index in [9.17, 15) is 5.11 Å². The molecule has 2 nitrogen and oxygen atoms in total. The molecular weight excluding hydrogens is 394 g/mol. The fourth-order valence-electron chi connectivity index (χ4n) is 3.51. The summed E-state index contributed by atoms with van der Waals surface area (Å²) in [6.45, 7) is 5.14. The fourth-order valence-corrected chi connectivity index (χ4v) is 4.15.